The molecule has 0 aliphatic carbocycles. The van der Waals surface area contributed by atoms with Crippen molar-refractivity contribution in [3.05, 3.63) is 24.3 Å². The van der Waals surface area contributed by atoms with E-state index in [0.717, 1.165) is 0 Å². The van der Waals surface area contributed by atoms with Gasteiger partial charge in [0.15, 0.2) is 0 Å². The molecular formula is C6H7O2+. The maximum atomic E-state index is 8.65. The molecule has 0 unspecified atom stereocenters. The Hall–Kier alpha value is -1.18. The minimum absolute atomic E-state index is 0. The van der Waals surface area contributed by atoms with Crippen LogP contribution < -0.4 is 0 Å². The van der Waals surface area contributed by atoms with Gasteiger partial charge in [0, 0.05) is 0 Å². The third kappa shape index (κ3) is 0.904. The summed E-state index contributed by atoms with van der Waals surface area (Å²) in [6.45, 7) is 0. The SMILES string of the molecule is Oc1ccc(O)cc1.[H+]. The van der Waals surface area contributed by atoms with Crippen LogP contribution in [-0.4, -0.2) is 10.2 Å². The summed E-state index contributed by atoms with van der Waals surface area (Å²) < 4.78 is 0. The number of phenolic OH excluding ortho intramolecular Hbond substituents is 2. The summed E-state index contributed by atoms with van der Waals surface area (Å²) in [5, 5.41) is 17.3. The van der Waals surface area contributed by atoms with Gasteiger partial charge in [-0.3, -0.25) is 0 Å². The van der Waals surface area contributed by atoms with Crippen molar-refractivity contribution in [1.29, 1.82) is 0 Å². The standard InChI is InChI=1S/C6H6O2/c7-5-1-2-6(8)4-3-5/h1-4,7-8H/p+1. The Kier molecular flexibility index (Phi) is 1.08. The van der Waals surface area contributed by atoms with E-state index in [1.54, 1.807) is 0 Å². The highest BCUT2D eigenvalue weighted by molar-refractivity contribution is 5.28. The fraction of sp³-hybridized carbons (Fsp3) is 0. The van der Waals surface area contributed by atoms with Crippen LogP contribution in [0.3, 0.4) is 0 Å². The van der Waals surface area contributed by atoms with E-state index < -0.39 is 0 Å². The van der Waals surface area contributed by atoms with E-state index in [9.17, 15) is 0 Å². The van der Waals surface area contributed by atoms with Crippen molar-refractivity contribution >= 4 is 0 Å². The molecule has 2 N–H and O–H groups in total. The summed E-state index contributed by atoms with van der Waals surface area (Å²) in [6.07, 6.45) is 0. The second-order valence-corrected chi connectivity index (χ2v) is 1.52. The van der Waals surface area contributed by atoms with Crippen LogP contribution in [0.1, 0.15) is 1.43 Å². The third-order valence-corrected chi connectivity index (χ3v) is 0.850. The Morgan fingerprint density at radius 2 is 1.12 bits per heavy atom. The zero-order valence-electron chi connectivity index (χ0n) is 5.20. The van der Waals surface area contributed by atoms with Gasteiger partial charge in [-0.25, -0.2) is 0 Å². The highest BCUT2D eigenvalue weighted by atomic mass is 16.3. The first-order chi connectivity index (χ1) is 3.79. The maximum absolute atomic E-state index is 8.65. The van der Waals surface area contributed by atoms with Gasteiger partial charge in [0.2, 0.25) is 0 Å². The third-order valence-electron chi connectivity index (χ3n) is 0.850. The molecule has 8 heavy (non-hydrogen) atoms. The van der Waals surface area contributed by atoms with Crippen molar-refractivity contribution < 1.29 is 11.6 Å². The molecule has 0 fully saturated rings. The molecule has 0 atom stereocenters. The average molecular weight is 111 g/mol. The summed E-state index contributed by atoms with van der Waals surface area (Å²) >= 11 is 0. The average Bonchev–Trinajstić information content (AvgIpc) is 1.77. The highest BCUT2D eigenvalue weighted by Gasteiger charge is 1.84. The van der Waals surface area contributed by atoms with Crippen LogP contribution in [0, 0.1) is 0 Å². The Balaban J connectivity index is 0.000000640. The second kappa shape index (κ2) is 1.74. The quantitative estimate of drug-likeness (QED) is 0.494. The van der Waals surface area contributed by atoms with Gasteiger partial charge in [-0.15, -0.1) is 0 Å². The molecule has 0 aliphatic rings. The van der Waals surface area contributed by atoms with Gasteiger partial charge in [0.25, 0.3) is 0 Å². The largest absolute Gasteiger partial charge is 1.00 e. The van der Waals surface area contributed by atoms with Gasteiger partial charge < -0.3 is 10.2 Å². The van der Waals surface area contributed by atoms with Crippen LogP contribution in [0.15, 0.2) is 24.3 Å². The maximum Gasteiger partial charge on any atom is 1.00 e. The second-order valence-electron chi connectivity index (χ2n) is 1.52. The van der Waals surface area contributed by atoms with Crippen molar-refractivity contribution in [1.82, 2.24) is 0 Å². The van der Waals surface area contributed by atoms with Crippen LogP contribution >= 0.6 is 0 Å². The number of benzene rings is 1. The molecule has 42 valence electrons. The van der Waals surface area contributed by atoms with Gasteiger partial charge in [-0.1, -0.05) is 0 Å². The molecule has 0 aliphatic heterocycles. The van der Waals surface area contributed by atoms with Crippen LogP contribution in [0.25, 0.3) is 0 Å². The molecule has 0 bridgehead atoms. The van der Waals surface area contributed by atoms with Crippen molar-refractivity contribution in [3.63, 3.8) is 0 Å². The van der Waals surface area contributed by atoms with Crippen molar-refractivity contribution in [2.75, 3.05) is 0 Å². The van der Waals surface area contributed by atoms with E-state index in [-0.39, 0.29) is 12.9 Å². The van der Waals surface area contributed by atoms with Gasteiger partial charge >= 0.3 is 1.43 Å². The molecule has 0 radical (unpaired) electrons. The molecule has 0 spiro atoms. The van der Waals surface area contributed by atoms with Crippen molar-refractivity contribution in [3.8, 4) is 11.5 Å². The summed E-state index contributed by atoms with van der Waals surface area (Å²) in [4.78, 5) is 0. The lowest BCUT2D eigenvalue weighted by Gasteiger charge is -1.88. The first kappa shape index (κ1) is 4.97. The molecule has 0 aromatic heterocycles. The number of hydrogen-bond acceptors (Lipinski definition) is 2. The van der Waals surface area contributed by atoms with E-state index in [0.29, 0.717) is 0 Å². The van der Waals surface area contributed by atoms with E-state index in [1.807, 2.05) is 0 Å². The molecule has 1 rings (SSSR count). The van der Waals surface area contributed by atoms with E-state index in [1.165, 1.54) is 24.3 Å². The molecule has 0 saturated carbocycles. The van der Waals surface area contributed by atoms with Gasteiger partial charge in [-0.2, -0.15) is 0 Å². The lowest BCUT2D eigenvalue weighted by atomic mass is 10.3. The zero-order chi connectivity index (χ0) is 5.98. The summed E-state index contributed by atoms with van der Waals surface area (Å²) in [6, 6.07) is 5.70. The summed E-state index contributed by atoms with van der Waals surface area (Å²) in [5.41, 5.74) is 0. The Bertz CT molecular complexity index is 150. The van der Waals surface area contributed by atoms with Gasteiger partial charge in [0.05, 0.1) is 0 Å². The Morgan fingerprint density at radius 3 is 1.38 bits per heavy atom. The number of rotatable bonds is 0. The monoisotopic (exact) mass is 111 g/mol. The van der Waals surface area contributed by atoms with Crippen molar-refractivity contribution in [2.45, 2.75) is 0 Å². The number of aromatic hydroxyl groups is 2. The van der Waals surface area contributed by atoms with Crippen LogP contribution in [0.5, 0.6) is 11.5 Å². The predicted octanol–water partition coefficient (Wildman–Crippen LogP) is 1.21. The lowest BCUT2D eigenvalue weighted by Crippen LogP contribution is -1.61. The first-order valence-electron chi connectivity index (χ1n) is 2.27. The zero-order valence-corrected chi connectivity index (χ0v) is 4.20. The summed E-state index contributed by atoms with van der Waals surface area (Å²) in [5.74, 6) is 0.339. The topological polar surface area (TPSA) is 40.5 Å². The fourth-order valence-electron chi connectivity index (χ4n) is 0.453. The van der Waals surface area contributed by atoms with Crippen LogP contribution in [0.4, 0.5) is 0 Å². The predicted molar refractivity (Wildman–Crippen MR) is 30.9 cm³/mol. The number of phenols is 2. The van der Waals surface area contributed by atoms with Crippen molar-refractivity contribution in [2.24, 2.45) is 0 Å². The first-order valence-corrected chi connectivity index (χ1v) is 2.27. The fourth-order valence-corrected chi connectivity index (χ4v) is 0.453. The summed E-state index contributed by atoms with van der Waals surface area (Å²) in [7, 11) is 0. The van der Waals surface area contributed by atoms with Crippen LogP contribution in [0.2, 0.25) is 0 Å². The van der Waals surface area contributed by atoms with Gasteiger partial charge in [0.1, 0.15) is 11.5 Å². The molecular weight excluding hydrogens is 104 g/mol. The lowest BCUT2D eigenvalue weighted by molar-refractivity contribution is 0.460. The molecule has 2 heteroatoms. The smallest absolute Gasteiger partial charge is 0.508 e. The molecule has 2 nitrogen and oxygen atoms in total. The minimum Gasteiger partial charge on any atom is -0.508 e. The van der Waals surface area contributed by atoms with E-state index >= 15 is 0 Å². The molecule has 0 amide bonds. The number of hydrogen-bond donors (Lipinski definition) is 2. The normalized spacial score (nSPS) is 9.00. The van der Waals surface area contributed by atoms with Crippen LogP contribution in [-0.2, 0) is 0 Å². The molecule has 1 aromatic rings. The van der Waals surface area contributed by atoms with Gasteiger partial charge in [-0.05, 0) is 24.3 Å². The van der Waals surface area contributed by atoms with E-state index in [4.69, 9.17) is 10.2 Å². The Labute approximate surface area is 48.5 Å². The molecule has 0 heterocycles. The molecule has 0 saturated heterocycles. The Morgan fingerprint density at radius 1 is 0.875 bits per heavy atom. The minimum atomic E-state index is 0. The van der Waals surface area contributed by atoms with E-state index in [2.05, 4.69) is 0 Å². The molecule has 1 aromatic carbocycles. The highest BCUT2D eigenvalue weighted by Crippen LogP contribution is 2.13.